The van der Waals surface area contributed by atoms with Crippen molar-refractivity contribution in [1.82, 2.24) is 19.7 Å². The Hall–Kier alpha value is -2.86. The van der Waals surface area contributed by atoms with E-state index in [4.69, 9.17) is 4.42 Å². The molecule has 0 N–H and O–H groups in total. The van der Waals surface area contributed by atoms with Gasteiger partial charge in [0.05, 0.1) is 10.9 Å². The van der Waals surface area contributed by atoms with Crippen molar-refractivity contribution in [2.45, 2.75) is 38.1 Å². The van der Waals surface area contributed by atoms with Crippen LogP contribution in [-0.4, -0.2) is 19.7 Å². The maximum atomic E-state index is 5.93. The molecule has 0 saturated carbocycles. The first-order chi connectivity index (χ1) is 13.5. The minimum absolute atomic E-state index is 0.0158. The number of aryl methyl sites for hydroxylation is 2. The number of hydrogen-bond acceptors (Lipinski definition) is 5. The first-order valence-corrected chi connectivity index (χ1v) is 10.1. The molecule has 1 unspecified atom stereocenters. The summed E-state index contributed by atoms with van der Waals surface area (Å²) >= 11 is 1.61. The first kappa shape index (κ1) is 18.5. The van der Waals surface area contributed by atoms with E-state index in [0.29, 0.717) is 11.8 Å². The molecule has 5 nitrogen and oxygen atoms in total. The van der Waals surface area contributed by atoms with Gasteiger partial charge in [-0.2, -0.15) is 0 Å². The summed E-state index contributed by atoms with van der Waals surface area (Å²) in [6, 6.07) is 14.4. The minimum atomic E-state index is -0.0158. The molecule has 2 heterocycles. The summed E-state index contributed by atoms with van der Waals surface area (Å²) in [5.74, 6) is 1.14. The number of rotatable bonds is 5. The second kappa shape index (κ2) is 7.64. The van der Waals surface area contributed by atoms with Gasteiger partial charge in [-0.3, -0.25) is 4.57 Å². The van der Waals surface area contributed by atoms with Crippen LogP contribution in [0.15, 0.2) is 64.4 Å². The Morgan fingerprint density at radius 3 is 2.57 bits per heavy atom. The highest BCUT2D eigenvalue weighted by atomic mass is 32.2. The van der Waals surface area contributed by atoms with Crippen LogP contribution in [0, 0.1) is 20.8 Å². The predicted molar refractivity (Wildman–Crippen MR) is 112 cm³/mol. The van der Waals surface area contributed by atoms with Gasteiger partial charge in [-0.25, -0.2) is 4.98 Å². The molecule has 4 aromatic rings. The van der Waals surface area contributed by atoms with Gasteiger partial charge in [0, 0.05) is 18.0 Å². The fraction of sp³-hybridized carbons (Fsp3) is 0.227. The highest BCUT2D eigenvalue weighted by Crippen LogP contribution is 2.35. The molecule has 0 aliphatic rings. The van der Waals surface area contributed by atoms with E-state index in [1.54, 1.807) is 11.8 Å². The molecular weight excluding hydrogens is 368 g/mol. The smallest absolute Gasteiger partial charge is 0.247 e. The third-order valence-corrected chi connectivity index (χ3v) is 5.88. The van der Waals surface area contributed by atoms with Crippen molar-refractivity contribution in [1.29, 1.82) is 0 Å². The van der Waals surface area contributed by atoms with E-state index in [0.717, 1.165) is 16.4 Å². The van der Waals surface area contributed by atoms with E-state index in [2.05, 4.69) is 65.6 Å². The van der Waals surface area contributed by atoms with E-state index in [1.807, 2.05) is 36.7 Å². The van der Waals surface area contributed by atoms with Gasteiger partial charge in [-0.05, 0) is 57.0 Å². The molecule has 0 aliphatic heterocycles. The Labute approximate surface area is 168 Å². The van der Waals surface area contributed by atoms with Gasteiger partial charge in [-0.15, -0.1) is 10.2 Å². The van der Waals surface area contributed by atoms with Crippen LogP contribution in [-0.2, 0) is 0 Å². The fourth-order valence-corrected chi connectivity index (χ4v) is 3.88. The predicted octanol–water partition coefficient (Wildman–Crippen LogP) is 5.70. The normalized spacial score (nSPS) is 12.3. The summed E-state index contributed by atoms with van der Waals surface area (Å²) in [5, 5.41) is 9.35. The second-order valence-electron chi connectivity index (χ2n) is 6.87. The van der Waals surface area contributed by atoms with Crippen LogP contribution in [0.25, 0.3) is 17.1 Å². The number of benzene rings is 2. The summed E-state index contributed by atoms with van der Waals surface area (Å²) in [6.45, 7) is 8.36. The Morgan fingerprint density at radius 2 is 1.79 bits per heavy atom. The van der Waals surface area contributed by atoms with Crippen molar-refractivity contribution < 1.29 is 4.42 Å². The zero-order chi connectivity index (χ0) is 19.7. The van der Waals surface area contributed by atoms with Gasteiger partial charge in [0.2, 0.25) is 11.8 Å². The molecule has 0 aliphatic carbocycles. The van der Waals surface area contributed by atoms with Gasteiger partial charge < -0.3 is 4.42 Å². The average molecular weight is 391 g/mol. The molecular formula is C22H22N4OS. The summed E-state index contributed by atoms with van der Waals surface area (Å²) in [7, 11) is 0. The Balaban J connectivity index is 1.57. The minimum Gasteiger partial charge on any atom is -0.419 e. The summed E-state index contributed by atoms with van der Waals surface area (Å²) in [6.07, 6.45) is 3.81. The van der Waals surface area contributed by atoms with Crippen molar-refractivity contribution in [3.8, 4) is 17.1 Å². The van der Waals surface area contributed by atoms with Gasteiger partial charge in [-0.1, -0.05) is 41.6 Å². The van der Waals surface area contributed by atoms with E-state index in [-0.39, 0.29) is 5.25 Å². The van der Waals surface area contributed by atoms with E-state index in [9.17, 15) is 0 Å². The van der Waals surface area contributed by atoms with Crippen molar-refractivity contribution in [3.05, 3.63) is 77.4 Å². The van der Waals surface area contributed by atoms with E-state index < -0.39 is 0 Å². The van der Waals surface area contributed by atoms with Crippen LogP contribution in [0.4, 0.5) is 0 Å². The van der Waals surface area contributed by atoms with E-state index in [1.165, 1.54) is 16.7 Å². The summed E-state index contributed by atoms with van der Waals surface area (Å²) in [4.78, 5) is 4.54. The first-order valence-electron chi connectivity index (χ1n) is 9.20. The average Bonchev–Trinajstić information content (AvgIpc) is 3.34. The lowest BCUT2D eigenvalue weighted by molar-refractivity contribution is 0.509. The maximum absolute atomic E-state index is 5.93. The second-order valence-corrected chi connectivity index (χ2v) is 8.18. The molecule has 0 bridgehead atoms. The van der Waals surface area contributed by atoms with Crippen molar-refractivity contribution in [3.63, 3.8) is 0 Å². The monoisotopic (exact) mass is 390 g/mol. The van der Waals surface area contributed by atoms with Crippen molar-refractivity contribution in [2.75, 3.05) is 0 Å². The van der Waals surface area contributed by atoms with Gasteiger partial charge in [0.15, 0.2) is 5.16 Å². The molecule has 4 rings (SSSR count). The third kappa shape index (κ3) is 3.60. The maximum Gasteiger partial charge on any atom is 0.247 e. The quantitative estimate of drug-likeness (QED) is 0.409. The van der Waals surface area contributed by atoms with Crippen LogP contribution in [0.1, 0.15) is 34.8 Å². The number of thioether (sulfide) groups is 1. The number of imidazole rings is 1. The van der Waals surface area contributed by atoms with Gasteiger partial charge >= 0.3 is 0 Å². The van der Waals surface area contributed by atoms with Crippen LogP contribution < -0.4 is 0 Å². The highest BCUT2D eigenvalue weighted by Gasteiger charge is 2.19. The van der Waals surface area contributed by atoms with Crippen molar-refractivity contribution in [2.24, 2.45) is 0 Å². The zero-order valence-corrected chi connectivity index (χ0v) is 17.2. The van der Waals surface area contributed by atoms with Crippen LogP contribution in [0.5, 0.6) is 0 Å². The molecule has 0 amide bonds. The molecule has 1 atom stereocenters. The van der Waals surface area contributed by atoms with E-state index >= 15 is 0 Å². The van der Waals surface area contributed by atoms with Gasteiger partial charge in [0.1, 0.15) is 0 Å². The largest absolute Gasteiger partial charge is 0.419 e. The lowest BCUT2D eigenvalue weighted by atomic mass is 10.1. The topological polar surface area (TPSA) is 56.7 Å². The molecule has 0 fully saturated rings. The molecule has 142 valence electrons. The van der Waals surface area contributed by atoms with Crippen LogP contribution in [0.3, 0.4) is 0 Å². The zero-order valence-electron chi connectivity index (χ0n) is 16.4. The molecule has 0 saturated heterocycles. The van der Waals surface area contributed by atoms with Gasteiger partial charge in [0.25, 0.3) is 0 Å². The summed E-state index contributed by atoms with van der Waals surface area (Å²) in [5.41, 5.74) is 5.77. The van der Waals surface area contributed by atoms with Crippen LogP contribution >= 0.6 is 11.8 Å². The molecule has 28 heavy (non-hydrogen) atoms. The molecule has 2 aromatic carbocycles. The lowest BCUT2D eigenvalue weighted by Gasteiger charge is -2.13. The lowest BCUT2D eigenvalue weighted by Crippen LogP contribution is -2.00. The number of hydrogen-bond donors (Lipinski definition) is 0. The number of nitrogens with zero attached hydrogens (tertiary/aromatic N) is 4. The Kier molecular flexibility index (Phi) is 5.05. The number of aromatic nitrogens is 4. The molecule has 0 spiro atoms. The van der Waals surface area contributed by atoms with Crippen molar-refractivity contribution >= 4 is 11.8 Å². The standard InChI is InChI=1S/C22H22N4OS/c1-14-8-10-18(11-9-14)21-25-24-20(27-21)17(4)28-22-23-12-13-26(22)19-7-5-6-15(2)16(19)3/h5-13,17H,1-4H3. The molecule has 2 aromatic heterocycles. The summed E-state index contributed by atoms with van der Waals surface area (Å²) < 4.78 is 8.04. The molecule has 6 heteroatoms. The Morgan fingerprint density at radius 1 is 1.00 bits per heavy atom. The third-order valence-electron chi connectivity index (χ3n) is 4.81. The Bertz CT molecular complexity index is 1100. The highest BCUT2D eigenvalue weighted by molar-refractivity contribution is 7.99. The molecule has 0 radical (unpaired) electrons. The fourth-order valence-electron chi connectivity index (χ4n) is 2.98. The van der Waals surface area contributed by atoms with Crippen LogP contribution in [0.2, 0.25) is 0 Å². The SMILES string of the molecule is Cc1ccc(-c2nnc(C(C)Sc3nccn3-c3cccc(C)c3C)o2)cc1.